The summed E-state index contributed by atoms with van der Waals surface area (Å²) in [5.74, 6) is 0. The molecule has 1 N–H and O–H groups in total. The van der Waals surface area contributed by atoms with Gasteiger partial charge in [-0.2, -0.15) is 5.10 Å². The van der Waals surface area contributed by atoms with Crippen LogP contribution in [0.1, 0.15) is 12.8 Å². The third-order valence-electron chi connectivity index (χ3n) is 0.804. The summed E-state index contributed by atoms with van der Waals surface area (Å²) in [5, 5.41) is 3.80. The van der Waals surface area contributed by atoms with Crippen LogP contribution in [0, 0.1) is 0 Å². The van der Waals surface area contributed by atoms with E-state index in [0.717, 1.165) is 13.0 Å². The van der Waals surface area contributed by atoms with E-state index in [0.29, 0.717) is 0 Å². The molecular formula is C4H9ClN2. The maximum absolute atomic E-state index is 3.80. The van der Waals surface area contributed by atoms with Crippen LogP contribution in [0.2, 0.25) is 0 Å². The molecule has 42 valence electrons. The molecule has 0 saturated carbocycles. The second-order valence-electron chi connectivity index (χ2n) is 1.36. The molecule has 1 heterocycles. The molecule has 0 aromatic carbocycles. The summed E-state index contributed by atoms with van der Waals surface area (Å²) in [6.07, 6.45) is 4.29. The summed E-state index contributed by atoms with van der Waals surface area (Å²) in [4.78, 5) is 0. The topological polar surface area (TPSA) is 24.4 Å². The van der Waals surface area contributed by atoms with E-state index in [9.17, 15) is 0 Å². The third-order valence-corrected chi connectivity index (χ3v) is 0.804. The van der Waals surface area contributed by atoms with Crippen molar-refractivity contribution in [2.24, 2.45) is 5.10 Å². The SMILES string of the molecule is C1=NNCCC1.Cl. The highest BCUT2D eigenvalue weighted by atomic mass is 35.5. The number of halogens is 1. The molecule has 0 radical (unpaired) electrons. The number of rotatable bonds is 0. The second-order valence-corrected chi connectivity index (χ2v) is 1.36. The average Bonchev–Trinajstić information content (AvgIpc) is 1.72. The van der Waals surface area contributed by atoms with Gasteiger partial charge in [0.15, 0.2) is 0 Å². The van der Waals surface area contributed by atoms with Crippen LogP contribution < -0.4 is 5.43 Å². The zero-order chi connectivity index (χ0) is 4.24. The standard InChI is InChI=1S/C4H8N2.ClH/c1-2-4-6-5-3-1;/h3,6H,1-2,4H2;1H. The van der Waals surface area contributed by atoms with Gasteiger partial charge in [-0.15, -0.1) is 12.4 Å². The lowest BCUT2D eigenvalue weighted by molar-refractivity contribution is 0.671. The van der Waals surface area contributed by atoms with Crippen LogP contribution in [-0.4, -0.2) is 12.8 Å². The fraction of sp³-hybridized carbons (Fsp3) is 0.750. The highest BCUT2D eigenvalue weighted by molar-refractivity contribution is 5.85. The average molecular weight is 121 g/mol. The van der Waals surface area contributed by atoms with Crippen molar-refractivity contribution in [2.45, 2.75) is 12.8 Å². The van der Waals surface area contributed by atoms with Gasteiger partial charge in [0.1, 0.15) is 0 Å². The molecule has 0 amide bonds. The molecule has 0 fully saturated rings. The molecule has 1 rings (SSSR count). The van der Waals surface area contributed by atoms with Crippen LogP contribution in [0.25, 0.3) is 0 Å². The maximum Gasteiger partial charge on any atom is 0.0333 e. The van der Waals surface area contributed by atoms with Gasteiger partial charge in [0.2, 0.25) is 0 Å². The molecule has 0 bridgehead atoms. The van der Waals surface area contributed by atoms with Gasteiger partial charge in [-0.1, -0.05) is 0 Å². The predicted molar refractivity (Wildman–Crippen MR) is 33.0 cm³/mol. The third kappa shape index (κ3) is 2.45. The lowest BCUT2D eigenvalue weighted by Crippen LogP contribution is -2.11. The van der Waals surface area contributed by atoms with Gasteiger partial charge in [-0.25, -0.2) is 0 Å². The summed E-state index contributed by atoms with van der Waals surface area (Å²) >= 11 is 0. The van der Waals surface area contributed by atoms with E-state index in [2.05, 4.69) is 10.5 Å². The Balaban J connectivity index is 0.000000360. The molecule has 0 aromatic rings. The molecule has 2 nitrogen and oxygen atoms in total. The lowest BCUT2D eigenvalue weighted by Gasteiger charge is -2.01. The van der Waals surface area contributed by atoms with E-state index in [-0.39, 0.29) is 12.4 Å². The zero-order valence-corrected chi connectivity index (χ0v) is 4.87. The Morgan fingerprint density at radius 2 is 2.43 bits per heavy atom. The Morgan fingerprint density at radius 3 is 2.57 bits per heavy atom. The smallest absolute Gasteiger partial charge is 0.0333 e. The molecule has 0 aliphatic carbocycles. The van der Waals surface area contributed by atoms with Crippen molar-refractivity contribution in [3.05, 3.63) is 0 Å². The summed E-state index contributed by atoms with van der Waals surface area (Å²) in [5.41, 5.74) is 2.85. The van der Waals surface area contributed by atoms with E-state index in [1.165, 1.54) is 6.42 Å². The van der Waals surface area contributed by atoms with E-state index in [4.69, 9.17) is 0 Å². The summed E-state index contributed by atoms with van der Waals surface area (Å²) in [6, 6.07) is 0. The number of hydrogen-bond donors (Lipinski definition) is 1. The lowest BCUT2D eigenvalue weighted by atomic mass is 10.3. The fourth-order valence-corrected chi connectivity index (χ4v) is 0.466. The van der Waals surface area contributed by atoms with Crippen LogP contribution >= 0.6 is 12.4 Å². The minimum Gasteiger partial charge on any atom is -0.310 e. The van der Waals surface area contributed by atoms with E-state index < -0.39 is 0 Å². The quantitative estimate of drug-likeness (QED) is 0.502. The largest absolute Gasteiger partial charge is 0.310 e. The maximum atomic E-state index is 3.80. The summed E-state index contributed by atoms with van der Waals surface area (Å²) in [6.45, 7) is 1.05. The molecule has 0 saturated heterocycles. The van der Waals surface area contributed by atoms with Crippen molar-refractivity contribution in [1.82, 2.24) is 5.43 Å². The minimum absolute atomic E-state index is 0. The van der Waals surface area contributed by atoms with Crippen molar-refractivity contribution < 1.29 is 0 Å². The molecule has 1 aliphatic heterocycles. The summed E-state index contributed by atoms with van der Waals surface area (Å²) in [7, 11) is 0. The van der Waals surface area contributed by atoms with Crippen LogP contribution in [0.15, 0.2) is 5.10 Å². The molecule has 0 spiro atoms. The number of hydrogen-bond acceptors (Lipinski definition) is 2. The van der Waals surface area contributed by atoms with Crippen molar-refractivity contribution >= 4 is 18.6 Å². The molecule has 0 aromatic heterocycles. The van der Waals surface area contributed by atoms with E-state index >= 15 is 0 Å². The van der Waals surface area contributed by atoms with Gasteiger partial charge in [0, 0.05) is 12.8 Å². The Morgan fingerprint density at radius 1 is 1.57 bits per heavy atom. The van der Waals surface area contributed by atoms with Crippen molar-refractivity contribution in [3.63, 3.8) is 0 Å². The van der Waals surface area contributed by atoms with Gasteiger partial charge < -0.3 is 5.43 Å². The van der Waals surface area contributed by atoms with Gasteiger partial charge in [-0.3, -0.25) is 0 Å². The van der Waals surface area contributed by atoms with Gasteiger partial charge in [-0.05, 0) is 12.8 Å². The van der Waals surface area contributed by atoms with Crippen molar-refractivity contribution in [3.8, 4) is 0 Å². The summed E-state index contributed by atoms with van der Waals surface area (Å²) < 4.78 is 0. The van der Waals surface area contributed by atoms with Crippen molar-refractivity contribution in [2.75, 3.05) is 6.54 Å². The molecule has 0 unspecified atom stereocenters. The first-order chi connectivity index (χ1) is 3.00. The van der Waals surface area contributed by atoms with E-state index in [1.54, 1.807) is 0 Å². The Hall–Kier alpha value is -0.240. The van der Waals surface area contributed by atoms with Crippen LogP contribution in [-0.2, 0) is 0 Å². The molecule has 7 heavy (non-hydrogen) atoms. The van der Waals surface area contributed by atoms with Gasteiger partial charge >= 0.3 is 0 Å². The van der Waals surface area contributed by atoms with Crippen LogP contribution in [0.3, 0.4) is 0 Å². The molecule has 0 atom stereocenters. The fourth-order valence-electron chi connectivity index (χ4n) is 0.466. The zero-order valence-electron chi connectivity index (χ0n) is 4.05. The Bertz CT molecular complexity index is 54.7. The predicted octanol–water partition coefficient (Wildman–Crippen LogP) is 0.777. The number of hydrazone groups is 1. The molecule has 1 aliphatic rings. The highest BCUT2D eigenvalue weighted by Crippen LogP contribution is 1.85. The molecular weight excluding hydrogens is 112 g/mol. The Labute approximate surface area is 49.4 Å². The molecule has 3 heteroatoms. The van der Waals surface area contributed by atoms with Gasteiger partial charge in [0.25, 0.3) is 0 Å². The van der Waals surface area contributed by atoms with E-state index in [1.807, 2.05) is 6.21 Å². The van der Waals surface area contributed by atoms with Crippen molar-refractivity contribution in [1.29, 1.82) is 0 Å². The first kappa shape index (κ1) is 6.76. The monoisotopic (exact) mass is 120 g/mol. The number of nitrogens with one attached hydrogen (secondary N) is 1. The highest BCUT2D eigenvalue weighted by Gasteiger charge is 1.86. The number of nitrogens with zero attached hydrogens (tertiary/aromatic N) is 1. The normalized spacial score (nSPS) is 17.1. The minimum atomic E-state index is 0. The first-order valence-electron chi connectivity index (χ1n) is 2.24. The Kier molecular flexibility index (Phi) is 3.80. The first-order valence-corrected chi connectivity index (χ1v) is 2.24. The van der Waals surface area contributed by atoms with Crippen LogP contribution in [0.5, 0.6) is 0 Å². The van der Waals surface area contributed by atoms with Gasteiger partial charge in [0.05, 0.1) is 0 Å². The van der Waals surface area contributed by atoms with Crippen LogP contribution in [0.4, 0.5) is 0 Å². The second kappa shape index (κ2) is 3.93.